The Hall–Kier alpha value is -5.48. The lowest BCUT2D eigenvalue weighted by Gasteiger charge is -2.50. The van der Waals surface area contributed by atoms with Gasteiger partial charge in [0.1, 0.15) is 22.9 Å². The molecule has 0 aliphatic heterocycles. The van der Waals surface area contributed by atoms with E-state index in [4.69, 9.17) is 15.2 Å². The number of hydrogen-bond donors (Lipinski definition) is 6. The zero-order chi connectivity index (χ0) is 35.4. The Morgan fingerprint density at radius 3 is 2.29 bits per heavy atom. The smallest absolute Gasteiger partial charge is 0.414 e. The number of aromatic hydroxyl groups is 1. The van der Waals surface area contributed by atoms with Gasteiger partial charge in [0, 0.05) is 31.3 Å². The van der Waals surface area contributed by atoms with Crippen molar-refractivity contribution in [1.29, 1.82) is 0 Å². The molecule has 0 heterocycles. The Kier molecular flexibility index (Phi) is 8.66. The zero-order valence-corrected chi connectivity index (χ0v) is 26.2. The number of phenols is 1. The van der Waals surface area contributed by atoms with Crippen LogP contribution in [0.5, 0.6) is 5.75 Å². The molecular formula is C32H33FN4O11. The molecule has 1 fully saturated rings. The number of amides is 2. The fourth-order valence-corrected chi connectivity index (χ4v) is 6.74. The number of anilines is 2. The predicted molar refractivity (Wildman–Crippen MR) is 165 cm³/mol. The van der Waals surface area contributed by atoms with Crippen LogP contribution in [0.1, 0.15) is 27.9 Å². The standard InChI is InChI=1S/C32H33FN4O11/c1-36(2)19-11-18(35-31(45)48-12-47-30(44)13-5-7-15(33)8-6-13)24(38)21-16(19)9-14-10-17-23(37(3)4)26(40)22(29(34)43)28(42)32(17,46)27(41)20(14)25(21)39/h5-8,11,14,17,23,38-39,42,46H,9-10,12H2,1-4H3,(H2,34,43)(H,35,45)/t14-,17-,23-,32-/m0/s1. The summed E-state index contributed by atoms with van der Waals surface area (Å²) in [4.78, 5) is 67.3. The number of phenolic OH excluding ortho intramolecular Hbond substituents is 1. The molecule has 0 saturated heterocycles. The van der Waals surface area contributed by atoms with E-state index in [1.54, 1.807) is 19.0 Å². The Bertz CT molecular complexity index is 1820. The summed E-state index contributed by atoms with van der Waals surface area (Å²) < 4.78 is 22.9. The van der Waals surface area contributed by atoms with E-state index in [1.165, 1.54) is 37.2 Å². The number of halogens is 1. The van der Waals surface area contributed by atoms with Crippen molar-refractivity contribution in [3.05, 3.63) is 69.7 Å². The van der Waals surface area contributed by atoms with Gasteiger partial charge in [-0.2, -0.15) is 0 Å². The van der Waals surface area contributed by atoms with Crippen molar-refractivity contribution in [2.24, 2.45) is 17.6 Å². The molecule has 16 heteroatoms. The van der Waals surface area contributed by atoms with Gasteiger partial charge >= 0.3 is 12.1 Å². The average molecular weight is 669 g/mol. The number of fused-ring (bicyclic) bond motifs is 3. The highest BCUT2D eigenvalue weighted by Gasteiger charge is 2.64. The molecule has 1 saturated carbocycles. The Balaban J connectivity index is 1.49. The number of esters is 1. The Morgan fingerprint density at radius 1 is 1.06 bits per heavy atom. The van der Waals surface area contributed by atoms with E-state index in [1.807, 2.05) is 0 Å². The van der Waals surface area contributed by atoms with Crippen molar-refractivity contribution in [2.75, 3.05) is 45.2 Å². The molecule has 254 valence electrons. The van der Waals surface area contributed by atoms with E-state index >= 15 is 0 Å². The zero-order valence-electron chi connectivity index (χ0n) is 26.2. The number of Topliss-reactive ketones (excluding diaryl/α,β-unsaturated/α-hetero) is 2. The number of benzene rings is 2. The lowest BCUT2D eigenvalue weighted by Crippen LogP contribution is -2.65. The minimum Gasteiger partial charge on any atom is -0.508 e. The molecule has 2 amide bonds. The maximum Gasteiger partial charge on any atom is 0.414 e. The molecule has 5 rings (SSSR count). The van der Waals surface area contributed by atoms with Crippen LogP contribution in [-0.2, 0) is 30.3 Å². The van der Waals surface area contributed by atoms with Crippen molar-refractivity contribution < 1.29 is 58.3 Å². The average Bonchev–Trinajstić information content (AvgIpc) is 3.00. The summed E-state index contributed by atoms with van der Waals surface area (Å²) in [5.74, 6) is -9.54. The quantitative estimate of drug-likeness (QED) is 0.107. The number of nitrogens with one attached hydrogen (secondary N) is 1. The molecule has 48 heavy (non-hydrogen) atoms. The Morgan fingerprint density at radius 2 is 1.71 bits per heavy atom. The third kappa shape index (κ3) is 5.37. The summed E-state index contributed by atoms with van der Waals surface area (Å²) in [6.07, 6.45) is -1.24. The molecule has 0 radical (unpaired) electrons. The van der Waals surface area contributed by atoms with Gasteiger partial charge in [-0.3, -0.25) is 24.6 Å². The maximum atomic E-state index is 14.1. The van der Waals surface area contributed by atoms with Crippen molar-refractivity contribution in [3.8, 4) is 5.75 Å². The number of likely N-dealkylation sites (N-methyl/N-ethyl adjacent to an activating group) is 1. The number of carbonyl (C=O) groups excluding carboxylic acids is 5. The van der Waals surface area contributed by atoms with Gasteiger partial charge in [0.2, 0.25) is 12.6 Å². The van der Waals surface area contributed by atoms with Crippen LogP contribution in [0.4, 0.5) is 20.6 Å². The van der Waals surface area contributed by atoms with Crippen LogP contribution in [0, 0.1) is 17.7 Å². The number of primary amides is 1. The molecule has 0 spiro atoms. The minimum atomic E-state index is -2.81. The van der Waals surface area contributed by atoms with E-state index in [0.29, 0.717) is 11.3 Å². The monoisotopic (exact) mass is 668 g/mol. The van der Waals surface area contributed by atoms with E-state index < -0.39 is 88.5 Å². The number of ketones is 2. The predicted octanol–water partition coefficient (Wildman–Crippen LogP) is 1.53. The number of hydrogen-bond acceptors (Lipinski definition) is 13. The molecule has 3 aliphatic rings. The van der Waals surface area contributed by atoms with Gasteiger partial charge in [-0.25, -0.2) is 14.0 Å². The summed E-state index contributed by atoms with van der Waals surface area (Å²) in [5, 5.41) is 48.0. The lowest BCUT2D eigenvalue weighted by molar-refractivity contribution is -0.153. The molecule has 15 nitrogen and oxygen atoms in total. The molecule has 7 N–H and O–H groups in total. The van der Waals surface area contributed by atoms with Crippen LogP contribution in [0.15, 0.2) is 47.2 Å². The van der Waals surface area contributed by atoms with Gasteiger partial charge in [0.15, 0.2) is 17.1 Å². The first-order valence-corrected chi connectivity index (χ1v) is 14.6. The second kappa shape index (κ2) is 12.3. The van der Waals surface area contributed by atoms with Crippen LogP contribution in [0.25, 0.3) is 5.76 Å². The van der Waals surface area contributed by atoms with Crippen LogP contribution in [0.3, 0.4) is 0 Å². The number of ether oxygens (including phenoxy) is 2. The summed E-state index contributed by atoms with van der Waals surface area (Å²) in [6.45, 7) is -0.847. The summed E-state index contributed by atoms with van der Waals surface area (Å²) in [6, 6.07) is 4.61. The summed E-state index contributed by atoms with van der Waals surface area (Å²) in [7, 11) is 6.32. The van der Waals surface area contributed by atoms with Gasteiger partial charge in [-0.1, -0.05) is 0 Å². The first-order chi connectivity index (χ1) is 22.5. The van der Waals surface area contributed by atoms with Crippen LogP contribution < -0.4 is 16.0 Å². The van der Waals surface area contributed by atoms with Crippen LogP contribution in [-0.4, -0.2) is 101 Å². The van der Waals surface area contributed by atoms with Gasteiger partial charge < -0.3 is 40.5 Å². The lowest BCUT2D eigenvalue weighted by atomic mass is 9.57. The van der Waals surface area contributed by atoms with Crippen molar-refractivity contribution >= 4 is 46.7 Å². The fraction of sp³-hybridized carbons (Fsp3) is 0.344. The highest BCUT2D eigenvalue weighted by Crippen LogP contribution is 2.54. The van der Waals surface area contributed by atoms with Crippen molar-refractivity contribution in [3.63, 3.8) is 0 Å². The van der Waals surface area contributed by atoms with E-state index in [0.717, 1.165) is 12.1 Å². The number of rotatable bonds is 7. The molecule has 4 atom stereocenters. The molecular weight excluding hydrogens is 635 g/mol. The molecule has 0 aromatic heterocycles. The van der Waals surface area contributed by atoms with E-state index in [9.17, 15) is 48.8 Å². The molecule has 0 unspecified atom stereocenters. The first-order valence-electron chi connectivity index (χ1n) is 14.6. The maximum absolute atomic E-state index is 14.1. The van der Waals surface area contributed by atoms with Gasteiger partial charge in [0.25, 0.3) is 5.91 Å². The van der Waals surface area contributed by atoms with Crippen molar-refractivity contribution in [1.82, 2.24) is 4.90 Å². The van der Waals surface area contributed by atoms with Gasteiger partial charge in [-0.15, -0.1) is 0 Å². The Labute approximate surface area is 272 Å². The van der Waals surface area contributed by atoms with Crippen LogP contribution in [0.2, 0.25) is 0 Å². The second-order valence-corrected chi connectivity index (χ2v) is 12.1. The summed E-state index contributed by atoms with van der Waals surface area (Å²) in [5.41, 5.74) is 1.51. The highest BCUT2D eigenvalue weighted by atomic mass is 19.1. The van der Waals surface area contributed by atoms with E-state index in [-0.39, 0.29) is 35.2 Å². The number of aliphatic hydroxyl groups is 3. The first kappa shape index (κ1) is 33.9. The third-order valence-corrected chi connectivity index (χ3v) is 8.88. The van der Waals surface area contributed by atoms with Gasteiger partial charge in [-0.05, 0) is 68.8 Å². The number of aliphatic hydroxyl groups excluding tert-OH is 2. The normalized spacial score (nSPS) is 23.3. The van der Waals surface area contributed by atoms with Crippen LogP contribution >= 0.6 is 0 Å². The SMILES string of the molecule is CN(C)c1cc(NC(=O)OCOC(=O)c2ccc(F)cc2)c(O)c2c1C[C@H]1C[C@H]3[C@H](N(C)C)C(=O)C(C(N)=O)=C(O)[C@@]3(O)C(=O)C1=C2O. The third-order valence-electron chi connectivity index (χ3n) is 8.88. The highest BCUT2D eigenvalue weighted by molar-refractivity contribution is 6.24. The molecule has 2 aromatic rings. The fourth-order valence-electron chi connectivity index (χ4n) is 6.74. The summed E-state index contributed by atoms with van der Waals surface area (Å²) >= 11 is 0. The van der Waals surface area contributed by atoms with Crippen molar-refractivity contribution in [2.45, 2.75) is 24.5 Å². The van der Waals surface area contributed by atoms with Gasteiger partial charge in [0.05, 0.1) is 22.9 Å². The minimum absolute atomic E-state index is 0.00476. The number of nitrogens with zero attached hydrogens (tertiary/aromatic N) is 2. The topological polar surface area (TPSA) is 229 Å². The largest absolute Gasteiger partial charge is 0.508 e. The van der Waals surface area contributed by atoms with E-state index in [2.05, 4.69) is 5.32 Å². The molecule has 0 bridgehead atoms. The number of carbonyl (C=O) groups is 5. The molecule has 3 aliphatic carbocycles. The number of nitrogens with two attached hydrogens (primary N) is 1. The second-order valence-electron chi connectivity index (χ2n) is 12.1. The molecule has 2 aromatic carbocycles.